The molecule has 0 spiro atoms. The maximum atomic E-state index is 14.7. The van der Waals surface area contributed by atoms with Crippen LogP contribution in [0.2, 0.25) is 0 Å². The molecule has 1 aliphatic rings. The average Bonchev–Trinajstić information content (AvgIpc) is 2.83. The molecule has 4 nitrogen and oxygen atoms in total. The zero-order valence-corrected chi connectivity index (χ0v) is 20.1. The van der Waals surface area contributed by atoms with E-state index < -0.39 is 17.8 Å². The van der Waals surface area contributed by atoms with Crippen LogP contribution in [0.4, 0.5) is 10.1 Å². The molecular weight excluding hydrogens is 441 g/mol. The van der Waals surface area contributed by atoms with Gasteiger partial charge in [0.15, 0.2) is 0 Å². The van der Waals surface area contributed by atoms with E-state index in [1.807, 2.05) is 32.0 Å². The molecule has 0 radical (unpaired) electrons. The Hall–Kier alpha value is -4.12. The maximum absolute atomic E-state index is 14.7. The van der Waals surface area contributed by atoms with Gasteiger partial charge in [-0.1, -0.05) is 50.4 Å². The summed E-state index contributed by atoms with van der Waals surface area (Å²) in [6, 6.07) is 15.0. The summed E-state index contributed by atoms with van der Waals surface area (Å²) in [5, 5.41) is 14.7. The second-order valence-electron chi connectivity index (χ2n) is 8.65. The highest BCUT2D eigenvalue weighted by Gasteiger charge is 2.27. The van der Waals surface area contributed by atoms with E-state index in [0.717, 1.165) is 28.0 Å². The van der Waals surface area contributed by atoms with Gasteiger partial charge in [-0.2, -0.15) is 0 Å². The maximum Gasteiger partial charge on any atom is 0.337 e. The van der Waals surface area contributed by atoms with Gasteiger partial charge in [0.05, 0.1) is 11.6 Å². The summed E-state index contributed by atoms with van der Waals surface area (Å²) < 4.78 is 21.2. The lowest BCUT2D eigenvalue weighted by molar-refractivity contribution is 0.0698. The van der Waals surface area contributed by atoms with Crippen LogP contribution in [0, 0.1) is 5.82 Å². The number of aromatic carboxylic acids is 1. The fraction of sp³-hybridized carbons (Fsp3) is 0.167. The Bertz CT molecular complexity index is 1490. The van der Waals surface area contributed by atoms with Crippen molar-refractivity contribution in [3.63, 3.8) is 0 Å². The van der Waals surface area contributed by atoms with Gasteiger partial charge in [0.2, 0.25) is 0 Å². The molecule has 5 heteroatoms. The Balaban J connectivity index is 1.80. The smallest absolute Gasteiger partial charge is 0.337 e. The van der Waals surface area contributed by atoms with Crippen molar-refractivity contribution in [2.45, 2.75) is 33.2 Å². The van der Waals surface area contributed by atoms with E-state index in [2.05, 4.69) is 31.5 Å². The number of para-hydroxylation sites is 1. The number of hydrogen-bond donors (Lipinski definition) is 2. The van der Waals surface area contributed by atoms with E-state index in [-0.39, 0.29) is 5.56 Å². The van der Waals surface area contributed by atoms with Gasteiger partial charge in [-0.15, -0.1) is 0 Å². The lowest BCUT2D eigenvalue weighted by atomic mass is 9.90. The van der Waals surface area contributed by atoms with Crippen molar-refractivity contribution in [3.05, 3.63) is 105 Å². The fourth-order valence-corrected chi connectivity index (χ4v) is 4.32. The van der Waals surface area contributed by atoms with E-state index in [1.165, 1.54) is 18.2 Å². The molecule has 0 fully saturated rings. The van der Waals surface area contributed by atoms with Gasteiger partial charge in [0.25, 0.3) is 0 Å². The highest BCUT2D eigenvalue weighted by molar-refractivity contribution is 5.94. The molecule has 0 amide bonds. The number of carbonyl (C=O) groups is 1. The standard InChI is InChI=1S/C30H28FNO3/c1-6-9-21-14-22(13-12-17(21)2)28-19(4)18(3)25-15-23(31)16-26(29(25)35-28)20(5)32-27-11-8-7-10-24(27)30(33)34/h7-16,20,32H,2-3,6H2,1,4-5H3,(H,33,34)/b21-9-. The predicted octanol–water partition coefficient (Wildman–Crippen LogP) is 6.13. The number of rotatable bonds is 6. The number of halogens is 1. The van der Waals surface area contributed by atoms with Crippen molar-refractivity contribution < 1.29 is 19.0 Å². The molecule has 35 heavy (non-hydrogen) atoms. The summed E-state index contributed by atoms with van der Waals surface area (Å²) in [6.07, 6.45) is 2.99. The lowest BCUT2D eigenvalue weighted by Crippen LogP contribution is -2.24. The molecule has 0 saturated heterocycles. The highest BCUT2D eigenvalue weighted by atomic mass is 19.1. The number of allylic oxidation sites excluding steroid dienone is 2. The first-order valence-electron chi connectivity index (χ1n) is 11.5. The number of carboxylic acids is 1. The SMILES string of the molecule is C=C1C(C)=C(c2ccc(=C)/c(=C\CC)c2)Oc2c1cc(F)cc2C(C)Nc1ccccc1C(=O)O. The molecule has 1 aliphatic heterocycles. The molecule has 1 atom stereocenters. The number of benzene rings is 3. The first kappa shape index (κ1) is 24.0. The normalized spacial score (nSPS) is 14.4. The summed E-state index contributed by atoms with van der Waals surface area (Å²) in [7, 11) is 0. The average molecular weight is 470 g/mol. The molecule has 0 saturated carbocycles. The van der Waals surface area contributed by atoms with E-state index in [0.29, 0.717) is 33.9 Å². The van der Waals surface area contributed by atoms with Crippen LogP contribution in [0.25, 0.3) is 24.0 Å². The number of ether oxygens (including phenoxy) is 1. The molecule has 3 aromatic carbocycles. The Labute approximate surface area is 204 Å². The van der Waals surface area contributed by atoms with Crippen molar-refractivity contribution in [3.8, 4) is 5.75 Å². The predicted molar refractivity (Wildman–Crippen MR) is 140 cm³/mol. The van der Waals surface area contributed by atoms with Crippen molar-refractivity contribution in [1.82, 2.24) is 0 Å². The lowest BCUT2D eigenvalue weighted by Gasteiger charge is -2.28. The largest absolute Gasteiger partial charge is 0.478 e. The summed E-state index contributed by atoms with van der Waals surface area (Å²) in [5.41, 5.74) is 4.12. The number of fused-ring (bicyclic) bond motifs is 1. The van der Waals surface area contributed by atoms with Crippen LogP contribution < -0.4 is 20.5 Å². The number of anilines is 1. The molecule has 0 aliphatic carbocycles. The third-order valence-corrected chi connectivity index (χ3v) is 6.23. The van der Waals surface area contributed by atoms with Crippen LogP contribution in [0.15, 0.2) is 66.7 Å². The summed E-state index contributed by atoms with van der Waals surface area (Å²) in [5.74, 6) is -0.300. The van der Waals surface area contributed by atoms with Gasteiger partial charge in [-0.3, -0.25) is 0 Å². The van der Waals surface area contributed by atoms with E-state index >= 15 is 0 Å². The second kappa shape index (κ2) is 9.63. The van der Waals surface area contributed by atoms with Crippen molar-refractivity contribution in [2.75, 3.05) is 5.32 Å². The van der Waals surface area contributed by atoms with Crippen molar-refractivity contribution >= 4 is 35.6 Å². The monoisotopic (exact) mass is 469 g/mol. The number of carboxylic acid groups (broad SMARTS) is 1. The van der Waals surface area contributed by atoms with Crippen LogP contribution in [-0.2, 0) is 0 Å². The van der Waals surface area contributed by atoms with Crippen molar-refractivity contribution in [2.24, 2.45) is 0 Å². The highest BCUT2D eigenvalue weighted by Crippen LogP contribution is 2.45. The fourth-order valence-electron chi connectivity index (χ4n) is 4.32. The third kappa shape index (κ3) is 4.62. The number of hydrogen-bond acceptors (Lipinski definition) is 3. The minimum absolute atomic E-state index is 0.138. The topological polar surface area (TPSA) is 58.6 Å². The van der Waals surface area contributed by atoms with Crippen LogP contribution in [-0.4, -0.2) is 11.1 Å². The molecule has 3 aromatic rings. The quantitative estimate of drug-likeness (QED) is 0.456. The second-order valence-corrected chi connectivity index (χ2v) is 8.65. The first-order valence-corrected chi connectivity index (χ1v) is 11.5. The Morgan fingerprint density at radius 2 is 1.91 bits per heavy atom. The van der Waals surface area contributed by atoms with Crippen LogP contribution in [0.3, 0.4) is 0 Å². The van der Waals surface area contributed by atoms with Gasteiger partial charge in [-0.25, -0.2) is 9.18 Å². The zero-order chi connectivity index (χ0) is 25.3. The molecule has 178 valence electrons. The molecular formula is C30H28FNO3. The Morgan fingerprint density at radius 3 is 2.63 bits per heavy atom. The molecule has 1 unspecified atom stereocenters. The van der Waals surface area contributed by atoms with Gasteiger partial charge in [0.1, 0.15) is 17.3 Å². The minimum Gasteiger partial charge on any atom is -0.478 e. The summed E-state index contributed by atoms with van der Waals surface area (Å²) in [6.45, 7) is 14.2. The van der Waals surface area contributed by atoms with Crippen molar-refractivity contribution in [1.29, 1.82) is 0 Å². The summed E-state index contributed by atoms with van der Waals surface area (Å²) in [4.78, 5) is 11.7. The van der Waals surface area contributed by atoms with Crippen LogP contribution in [0.1, 0.15) is 60.3 Å². The van der Waals surface area contributed by atoms with Gasteiger partial charge in [-0.05, 0) is 72.2 Å². The van der Waals surface area contributed by atoms with Crippen LogP contribution >= 0.6 is 0 Å². The molecule has 2 N–H and O–H groups in total. The van der Waals surface area contributed by atoms with E-state index in [4.69, 9.17) is 4.74 Å². The van der Waals surface area contributed by atoms with Gasteiger partial charge >= 0.3 is 5.97 Å². The third-order valence-electron chi connectivity index (χ3n) is 6.23. The molecule has 4 rings (SSSR count). The Morgan fingerprint density at radius 1 is 1.17 bits per heavy atom. The van der Waals surface area contributed by atoms with Crippen LogP contribution in [0.5, 0.6) is 5.75 Å². The van der Waals surface area contributed by atoms with Gasteiger partial charge in [0, 0.05) is 22.4 Å². The Kier molecular flexibility index (Phi) is 6.61. The number of nitrogens with one attached hydrogen (secondary N) is 1. The van der Waals surface area contributed by atoms with E-state index in [1.54, 1.807) is 18.2 Å². The van der Waals surface area contributed by atoms with Gasteiger partial charge < -0.3 is 15.2 Å². The van der Waals surface area contributed by atoms with E-state index in [9.17, 15) is 14.3 Å². The zero-order valence-electron chi connectivity index (χ0n) is 20.1. The first-order chi connectivity index (χ1) is 16.7. The summed E-state index contributed by atoms with van der Waals surface area (Å²) >= 11 is 0. The molecule has 0 aromatic heterocycles. The molecule has 1 heterocycles. The molecule has 0 bridgehead atoms. The minimum atomic E-state index is -1.04.